The molecule has 3 atom stereocenters. The molecule has 1 saturated carbocycles. The van der Waals surface area contributed by atoms with Crippen molar-refractivity contribution in [2.24, 2.45) is 11.7 Å². The molecular weight excluding hydrogens is 440 g/mol. The third-order valence-electron chi connectivity index (χ3n) is 6.93. The molecule has 2 aliphatic rings. The summed E-state index contributed by atoms with van der Waals surface area (Å²) in [5.74, 6) is -0.290. The molecule has 0 spiro atoms. The first-order valence-electron chi connectivity index (χ1n) is 12.6. The van der Waals surface area contributed by atoms with E-state index in [2.05, 4.69) is 10.6 Å². The fourth-order valence-electron chi connectivity index (χ4n) is 5.03. The van der Waals surface area contributed by atoms with E-state index in [9.17, 15) is 14.4 Å². The highest BCUT2D eigenvalue weighted by atomic mass is 16.2. The van der Waals surface area contributed by atoms with Crippen molar-refractivity contribution >= 4 is 29.1 Å². The molecule has 0 radical (unpaired) electrons. The van der Waals surface area contributed by atoms with Crippen LogP contribution in [0, 0.1) is 12.8 Å². The van der Waals surface area contributed by atoms with E-state index in [0.717, 1.165) is 36.8 Å². The summed E-state index contributed by atoms with van der Waals surface area (Å²) in [5, 5.41) is 6.00. The Bertz CT molecular complexity index is 1100. The standard InChI is InChI=1S/C28H36N4O3/c1-17(2)14-27(34)32-24-13-12-20(28(35)31-22-7-5-4-6-21(22)29)15-23(24)30-26(33)16-25(32)19-10-8-18(3)9-11-19/h8-13,15,17,21-22,25H,4-7,14,16,29H2,1-3H3,(H,30,33)(H,31,35). The molecule has 186 valence electrons. The minimum Gasteiger partial charge on any atom is -0.348 e. The van der Waals surface area contributed by atoms with Crippen LogP contribution in [0.15, 0.2) is 42.5 Å². The molecule has 0 aromatic heterocycles. The number of rotatable bonds is 5. The van der Waals surface area contributed by atoms with Crippen LogP contribution >= 0.6 is 0 Å². The maximum Gasteiger partial charge on any atom is 0.251 e. The average Bonchev–Trinajstić information content (AvgIpc) is 2.95. The summed E-state index contributed by atoms with van der Waals surface area (Å²) in [6, 6.07) is 12.6. The third-order valence-corrected chi connectivity index (χ3v) is 6.93. The Labute approximate surface area is 207 Å². The first-order valence-corrected chi connectivity index (χ1v) is 12.6. The highest BCUT2D eigenvalue weighted by molar-refractivity contribution is 6.06. The minimum atomic E-state index is -0.428. The number of fused-ring (bicyclic) bond motifs is 1. The number of aryl methyl sites for hydroxylation is 1. The van der Waals surface area contributed by atoms with Crippen LogP contribution in [0.2, 0.25) is 0 Å². The number of hydrogen-bond acceptors (Lipinski definition) is 4. The quantitative estimate of drug-likeness (QED) is 0.593. The van der Waals surface area contributed by atoms with Crippen LogP contribution < -0.4 is 21.3 Å². The van der Waals surface area contributed by atoms with Gasteiger partial charge < -0.3 is 21.3 Å². The van der Waals surface area contributed by atoms with Crippen molar-refractivity contribution in [3.05, 3.63) is 59.2 Å². The van der Waals surface area contributed by atoms with Crippen LogP contribution in [0.3, 0.4) is 0 Å². The molecule has 4 N–H and O–H groups in total. The van der Waals surface area contributed by atoms with Gasteiger partial charge in [-0.3, -0.25) is 14.4 Å². The van der Waals surface area contributed by atoms with Crippen LogP contribution in [-0.2, 0) is 9.59 Å². The summed E-state index contributed by atoms with van der Waals surface area (Å²) in [6.07, 6.45) is 4.40. The number of nitrogens with one attached hydrogen (secondary N) is 2. The van der Waals surface area contributed by atoms with Gasteiger partial charge in [0.05, 0.1) is 23.8 Å². The monoisotopic (exact) mass is 476 g/mol. The zero-order valence-corrected chi connectivity index (χ0v) is 20.8. The van der Waals surface area contributed by atoms with E-state index in [1.807, 2.05) is 45.0 Å². The second kappa shape index (κ2) is 10.6. The van der Waals surface area contributed by atoms with Gasteiger partial charge in [-0.2, -0.15) is 0 Å². The number of carbonyl (C=O) groups is 3. The Morgan fingerprint density at radius 1 is 1.11 bits per heavy atom. The number of nitrogens with two attached hydrogens (primary N) is 1. The predicted octanol–water partition coefficient (Wildman–Crippen LogP) is 4.46. The van der Waals surface area contributed by atoms with E-state index in [1.54, 1.807) is 23.1 Å². The Balaban J connectivity index is 1.69. The van der Waals surface area contributed by atoms with Crippen molar-refractivity contribution in [3.63, 3.8) is 0 Å². The molecule has 1 fully saturated rings. The maximum absolute atomic E-state index is 13.5. The van der Waals surface area contributed by atoms with E-state index >= 15 is 0 Å². The highest BCUT2D eigenvalue weighted by Gasteiger charge is 2.34. The van der Waals surface area contributed by atoms with E-state index in [1.165, 1.54) is 0 Å². The Morgan fingerprint density at radius 2 is 1.83 bits per heavy atom. The number of nitrogens with zero attached hydrogens (tertiary/aromatic N) is 1. The smallest absolute Gasteiger partial charge is 0.251 e. The topological polar surface area (TPSA) is 105 Å². The lowest BCUT2D eigenvalue weighted by Crippen LogP contribution is -2.49. The summed E-state index contributed by atoms with van der Waals surface area (Å²) in [7, 11) is 0. The number of anilines is 2. The van der Waals surface area contributed by atoms with E-state index in [4.69, 9.17) is 5.73 Å². The lowest BCUT2D eigenvalue weighted by atomic mass is 9.91. The third kappa shape index (κ3) is 5.73. The Hall–Kier alpha value is -3.19. The van der Waals surface area contributed by atoms with Gasteiger partial charge >= 0.3 is 0 Å². The van der Waals surface area contributed by atoms with Crippen LogP contribution in [-0.4, -0.2) is 29.8 Å². The normalized spacial score (nSPS) is 22.3. The maximum atomic E-state index is 13.5. The molecule has 3 unspecified atom stereocenters. The first-order chi connectivity index (χ1) is 16.7. The SMILES string of the molecule is Cc1ccc(C2CC(=O)Nc3cc(C(=O)NC4CCCCC4N)ccc3N2C(=O)CC(C)C)cc1. The van der Waals surface area contributed by atoms with Gasteiger partial charge in [-0.25, -0.2) is 0 Å². The molecular formula is C28H36N4O3. The summed E-state index contributed by atoms with van der Waals surface area (Å²) >= 11 is 0. The van der Waals surface area contributed by atoms with E-state index in [0.29, 0.717) is 23.4 Å². The molecule has 0 bridgehead atoms. The van der Waals surface area contributed by atoms with Gasteiger partial charge in [0.25, 0.3) is 5.91 Å². The Kier molecular flexibility index (Phi) is 7.55. The lowest BCUT2D eigenvalue weighted by molar-refractivity contribution is -0.120. The second-order valence-electron chi connectivity index (χ2n) is 10.3. The van der Waals surface area contributed by atoms with Crippen LogP contribution in [0.1, 0.15) is 79.9 Å². The number of benzene rings is 2. The minimum absolute atomic E-state index is 0.0475. The van der Waals surface area contributed by atoms with Gasteiger partial charge in [-0.1, -0.05) is 56.5 Å². The van der Waals surface area contributed by atoms with Crippen molar-refractivity contribution < 1.29 is 14.4 Å². The molecule has 0 saturated heterocycles. The number of hydrogen-bond donors (Lipinski definition) is 3. The second-order valence-corrected chi connectivity index (χ2v) is 10.3. The largest absolute Gasteiger partial charge is 0.348 e. The van der Waals surface area contributed by atoms with Crippen molar-refractivity contribution in [3.8, 4) is 0 Å². The van der Waals surface area contributed by atoms with Gasteiger partial charge in [0.2, 0.25) is 11.8 Å². The molecule has 2 aromatic rings. The van der Waals surface area contributed by atoms with Crippen molar-refractivity contribution in [1.29, 1.82) is 0 Å². The van der Waals surface area contributed by atoms with Gasteiger partial charge in [-0.05, 0) is 49.4 Å². The fourth-order valence-corrected chi connectivity index (χ4v) is 5.03. The summed E-state index contributed by atoms with van der Waals surface area (Å²) in [6.45, 7) is 6.02. The van der Waals surface area contributed by atoms with Crippen LogP contribution in [0.5, 0.6) is 0 Å². The molecule has 1 aliphatic carbocycles. The van der Waals surface area contributed by atoms with E-state index < -0.39 is 6.04 Å². The van der Waals surface area contributed by atoms with Gasteiger partial charge in [-0.15, -0.1) is 0 Å². The Morgan fingerprint density at radius 3 is 2.51 bits per heavy atom. The molecule has 7 nitrogen and oxygen atoms in total. The van der Waals surface area contributed by atoms with Crippen LogP contribution in [0.25, 0.3) is 0 Å². The molecule has 2 aromatic carbocycles. The molecule has 4 rings (SSSR count). The van der Waals surface area contributed by atoms with Crippen molar-refractivity contribution in [2.45, 2.75) is 77.4 Å². The number of carbonyl (C=O) groups excluding carboxylic acids is 3. The summed E-state index contributed by atoms with van der Waals surface area (Å²) in [4.78, 5) is 41.2. The zero-order chi connectivity index (χ0) is 25.1. The highest BCUT2D eigenvalue weighted by Crippen LogP contribution is 2.39. The average molecular weight is 477 g/mol. The van der Waals surface area contributed by atoms with Crippen molar-refractivity contribution in [2.75, 3.05) is 10.2 Å². The molecule has 1 aliphatic heterocycles. The van der Waals surface area contributed by atoms with Gasteiger partial charge in [0.15, 0.2) is 0 Å². The van der Waals surface area contributed by atoms with Gasteiger partial charge in [0.1, 0.15) is 0 Å². The summed E-state index contributed by atoms with van der Waals surface area (Å²) < 4.78 is 0. The molecule has 1 heterocycles. The van der Waals surface area contributed by atoms with Gasteiger partial charge in [0, 0.05) is 24.1 Å². The zero-order valence-electron chi connectivity index (χ0n) is 20.8. The van der Waals surface area contributed by atoms with Crippen LogP contribution in [0.4, 0.5) is 11.4 Å². The lowest BCUT2D eigenvalue weighted by Gasteiger charge is -2.32. The molecule has 7 heteroatoms. The van der Waals surface area contributed by atoms with E-state index in [-0.39, 0.29) is 42.1 Å². The molecule has 35 heavy (non-hydrogen) atoms. The number of amides is 3. The van der Waals surface area contributed by atoms with Crippen molar-refractivity contribution in [1.82, 2.24) is 5.32 Å². The summed E-state index contributed by atoms with van der Waals surface area (Å²) in [5.41, 5.74) is 9.75. The molecule has 3 amide bonds. The predicted molar refractivity (Wildman–Crippen MR) is 138 cm³/mol. The fraction of sp³-hybridized carbons (Fsp3) is 0.464. The first kappa shape index (κ1) is 24.9.